The first-order valence-electron chi connectivity index (χ1n) is 6.64. The number of halogens is 3. The molecular formula is C15H9F3N2O4. The van der Waals surface area contributed by atoms with Crippen LogP contribution in [-0.4, -0.2) is 27.8 Å². The third-order valence-electron chi connectivity index (χ3n) is 3.12. The van der Waals surface area contributed by atoms with Gasteiger partial charge in [0.15, 0.2) is 6.61 Å². The summed E-state index contributed by atoms with van der Waals surface area (Å²) in [5.74, 6) is -1.85. The quantitative estimate of drug-likeness (QED) is 0.785. The van der Waals surface area contributed by atoms with Crippen molar-refractivity contribution in [3.05, 3.63) is 42.0 Å². The van der Waals surface area contributed by atoms with Crippen LogP contribution in [0.25, 0.3) is 22.4 Å². The van der Waals surface area contributed by atoms with Gasteiger partial charge in [-0.2, -0.15) is 18.2 Å². The van der Waals surface area contributed by atoms with E-state index >= 15 is 0 Å². The minimum atomic E-state index is -4.72. The molecule has 24 heavy (non-hydrogen) atoms. The first-order valence-corrected chi connectivity index (χ1v) is 6.64. The number of hydrogen-bond acceptors (Lipinski definition) is 5. The van der Waals surface area contributed by atoms with E-state index in [1.807, 2.05) is 0 Å². The van der Waals surface area contributed by atoms with Gasteiger partial charge in [-0.3, -0.25) is 0 Å². The van der Waals surface area contributed by atoms with Crippen LogP contribution in [0.3, 0.4) is 0 Å². The SMILES string of the molecule is O=C(O)COc1cc(C(F)(F)F)c2c(-c3ccccc3)noc2n1. The van der Waals surface area contributed by atoms with E-state index in [2.05, 4.69) is 10.1 Å². The van der Waals surface area contributed by atoms with Gasteiger partial charge in [-0.25, -0.2) is 4.79 Å². The second-order valence-corrected chi connectivity index (χ2v) is 4.77. The molecule has 0 aliphatic heterocycles. The van der Waals surface area contributed by atoms with Crippen LogP contribution in [0.4, 0.5) is 13.2 Å². The molecule has 1 aromatic carbocycles. The maximum absolute atomic E-state index is 13.4. The molecule has 0 aliphatic carbocycles. The number of alkyl halides is 3. The zero-order valence-corrected chi connectivity index (χ0v) is 11.9. The predicted octanol–water partition coefficient (Wildman–Crippen LogP) is 3.37. The van der Waals surface area contributed by atoms with Gasteiger partial charge in [0.2, 0.25) is 5.88 Å². The second-order valence-electron chi connectivity index (χ2n) is 4.77. The molecule has 3 aromatic rings. The zero-order chi connectivity index (χ0) is 17.3. The summed E-state index contributed by atoms with van der Waals surface area (Å²) in [6, 6.07) is 8.84. The van der Waals surface area contributed by atoms with Gasteiger partial charge in [-0.05, 0) is 0 Å². The smallest absolute Gasteiger partial charge is 0.417 e. The van der Waals surface area contributed by atoms with Crippen molar-refractivity contribution in [2.45, 2.75) is 6.18 Å². The summed E-state index contributed by atoms with van der Waals surface area (Å²) in [6.07, 6.45) is -4.72. The van der Waals surface area contributed by atoms with E-state index in [1.54, 1.807) is 30.3 Å². The summed E-state index contributed by atoms with van der Waals surface area (Å²) >= 11 is 0. The highest BCUT2D eigenvalue weighted by Crippen LogP contribution is 2.40. The van der Waals surface area contributed by atoms with Crippen LogP contribution in [0, 0.1) is 0 Å². The highest BCUT2D eigenvalue weighted by atomic mass is 19.4. The molecule has 2 heterocycles. The number of fused-ring (bicyclic) bond motifs is 1. The standard InChI is InChI=1S/C15H9F3N2O4/c16-15(17,18)9-6-10(23-7-11(21)22)19-14-12(9)13(20-24-14)8-4-2-1-3-5-8/h1-6H,7H2,(H,21,22). The van der Waals surface area contributed by atoms with Crippen molar-refractivity contribution in [2.75, 3.05) is 6.61 Å². The number of aromatic nitrogens is 2. The molecule has 0 fully saturated rings. The van der Waals surface area contributed by atoms with E-state index in [-0.39, 0.29) is 16.8 Å². The minimum Gasteiger partial charge on any atom is -0.479 e. The number of hydrogen-bond donors (Lipinski definition) is 1. The Balaban J connectivity index is 2.19. The van der Waals surface area contributed by atoms with Gasteiger partial charge >= 0.3 is 12.1 Å². The average molecular weight is 338 g/mol. The van der Waals surface area contributed by atoms with Gasteiger partial charge in [0.05, 0.1) is 10.9 Å². The summed E-state index contributed by atoms with van der Waals surface area (Å²) in [5.41, 5.74) is -1.02. The summed E-state index contributed by atoms with van der Waals surface area (Å²) in [6.45, 7) is -0.824. The van der Waals surface area contributed by atoms with Gasteiger partial charge in [-0.15, -0.1) is 0 Å². The van der Waals surface area contributed by atoms with E-state index in [1.165, 1.54) is 0 Å². The molecule has 2 aromatic heterocycles. The van der Waals surface area contributed by atoms with Gasteiger partial charge in [0.1, 0.15) is 5.69 Å². The fraction of sp³-hybridized carbons (Fsp3) is 0.133. The third-order valence-corrected chi connectivity index (χ3v) is 3.12. The number of ether oxygens (including phenoxy) is 1. The molecular weight excluding hydrogens is 329 g/mol. The Hall–Kier alpha value is -3.10. The van der Waals surface area contributed by atoms with Crippen molar-refractivity contribution < 1.29 is 32.3 Å². The van der Waals surface area contributed by atoms with Crippen LogP contribution >= 0.6 is 0 Å². The van der Waals surface area contributed by atoms with Gasteiger partial charge in [-0.1, -0.05) is 35.5 Å². The van der Waals surface area contributed by atoms with Crippen LogP contribution in [0.5, 0.6) is 5.88 Å². The molecule has 0 aliphatic rings. The lowest BCUT2D eigenvalue weighted by atomic mass is 10.1. The van der Waals surface area contributed by atoms with Crippen LogP contribution in [0.1, 0.15) is 5.56 Å². The summed E-state index contributed by atoms with van der Waals surface area (Å²) < 4.78 is 49.8. The fourth-order valence-corrected chi connectivity index (χ4v) is 2.15. The van der Waals surface area contributed by atoms with Crippen molar-refractivity contribution in [1.82, 2.24) is 10.1 Å². The normalized spacial score (nSPS) is 11.6. The lowest BCUT2D eigenvalue weighted by Gasteiger charge is -2.10. The van der Waals surface area contributed by atoms with E-state index in [0.29, 0.717) is 11.6 Å². The molecule has 0 spiro atoms. The van der Waals surface area contributed by atoms with Crippen molar-refractivity contribution in [3.63, 3.8) is 0 Å². The highest BCUT2D eigenvalue weighted by Gasteiger charge is 2.36. The number of nitrogens with zero attached hydrogens (tertiary/aromatic N) is 2. The summed E-state index contributed by atoms with van der Waals surface area (Å²) in [5, 5.41) is 11.9. The predicted molar refractivity (Wildman–Crippen MR) is 75.4 cm³/mol. The number of benzene rings is 1. The van der Waals surface area contributed by atoms with Crippen LogP contribution in [-0.2, 0) is 11.0 Å². The first-order chi connectivity index (χ1) is 11.4. The summed E-state index contributed by atoms with van der Waals surface area (Å²) in [7, 11) is 0. The Labute approximate surface area is 132 Å². The van der Waals surface area contributed by atoms with Crippen molar-refractivity contribution in [2.24, 2.45) is 0 Å². The lowest BCUT2D eigenvalue weighted by Crippen LogP contribution is -2.12. The van der Waals surface area contributed by atoms with Crippen LogP contribution in [0.2, 0.25) is 0 Å². The van der Waals surface area contributed by atoms with Crippen molar-refractivity contribution in [3.8, 4) is 17.1 Å². The third kappa shape index (κ3) is 3.00. The Morgan fingerprint density at radius 3 is 2.58 bits per heavy atom. The molecule has 0 amide bonds. The molecule has 0 saturated heterocycles. The first kappa shape index (κ1) is 15.8. The molecule has 9 heteroatoms. The van der Waals surface area contributed by atoms with Crippen LogP contribution < -0.4 is 4.74 Å². The Morgan fingerprint density at radius 2 is 1.96 bits per heavy atom. The van der Waals surface area contributed by atoms with E-state index in [9.17, 15) is 18.0 Å². The fourth-order valence-electron chi connectivity index (χ4n) is 2.15. The molecule has 0 atom stereocenters. The molecule has 124 valence electrons. The van der Waals surface area contributed by atoms with Gasteiger partial charge in [0.25, 0.3) is 5.71 Å². The molecule has 0 unspecified atom stereocenters. The van der Waals surface area contributed by atoms with E-state index < -0.39 is 30.2 Å². The lowest BCUT2D eigenvalue weighted by molar-refractivity contribution is -0.139. The monoisotopic (exact) mass is 338 g/mol. The molecule has 0 saturated carbocycles. The minimum absolute atomic E-state index is 0.00444. The highest BCUT2D eigenvalue weighted by molar-refractivity contribution is 5.93. The Morgan fingerprint density at radius 1 is 1.25 bits per heavy atom. The van der Waals surface area contributed by atoms with Crippen molar-refractivity contribution in [1.29, 1.82) is 0 Å². The summed E-state index contributed by atoms with van der Waals surface area (Å²) in [4.78, 5) is 14.2. The molecule has 0 bridgehead atoms. The van der Waals surface area contributed by atoms with Crippen LogP contribution in [0.15, 0.2) is 40.9 Å². The molecule has 0 radical (unpaired) electrons. The van der Waals surface area contributed by atoms with Crippen molar-refractivity contribution >= 4 is 17.1 Å². The second kappa shape index (κ2) is 5.84. The van der Waals surface area contributed by atoms with E-state index in [4.69, 9.17) is 14.4 Å². The zero-order valence-electron chi connectivity index (χ0n) is 11.9. The topological polar surface area (TPSA) is 85.5 Å². The largest absolute Gasteiger partial charge is 0.479 e. The number of pyridine rings is 1. The van der Waals surface area contributed by atoms with Gasteiger partial charge < -0.3 is 14.4 Å². The Bertz CT molecular complexity index is 891. The molecule has 1 N–H and O–H groups in total. The number of carboxylic acid groups (broad SMARTS) is 1. The Kier molecular flexibility index (Phi) is 3.84. The number of carbonyl (C=O) groups is 1. The van der Waals surface area contributed by atoms with E-state index in [0.717, 1.165) is 0 Å². The molecule has 6 nitrogen and oxygen atoms in total. The maximum atomic E-state index is 13.4. The average Bonchev–Trinajstić information content (AvgIpc) is 2.95. The number of carboxylic acids is 1. The number of rotatable bonds is 4. The van der Waals surface area contributed by atoms with Gasteiger partial charge in [0, 0.05) is 11.6 Å². The molecule has 3 rings (SSSR count). The number of aliphatic carboxylic acids is 1. The maximum Gasteiger partial charge on any atom is 0.417 e.